The van der Waals surface area contributed by atoms with E-state index in [1.807, 2.05) is 0 Å². The van der Waals surface area contributed by atoms with Crippen LogP contribution in [0.15, 0.2) is 29.2 Å². The molecule has 6 heteroatoms. The molecule has 0 atom stereocenters. The van der Waals surface area contributed by atoms with E-state index in [1.165, 1.54) is 24.2 Å². The van der Waals surface area contributed by atoms with Gasteiger partial charge in [0.25, 0.3) is 5.69 Å². The Labute approximate surface area is 79.3 Å². The van der Waals surface area contributed by atoms with Crippen LogP contribution in [0.25, 0.3) is 5.69 Å². The Morgan fingerprint density at radius 1 is 1.57 bits per heavy atom. The van der Waals surface area contributed by atoms with Gasteiger partial charge in [-0.25, -0.2) is 0 Å². The number of hydrogen-bond donors (Lipinski definition) is 0. The molecule has 0 amide bonds. The Kier molecular flexibility index (Phi) is 2.02. The van der Waals surface area contributed by atoms with Crippen LogP contribution in [-0.2, 0) is 0 Å². The van der Waals surface area contributed by atoms with Gasteiger partial charge < -0.3 is 14.4 Å². The minimum absolute atomic E-state index is 0.518. The summed E-state index contributed by atoms with van der Waals surface area (Å²) in [5.41, 5.74) is 0.556. The Balaban J connectivity index is 2.50. The summed E-state index contributed by atoms with van der Waals surface area (Å²) >= 11 is 0. The molecule has 6 nitrogen and oxygen atoms in total. The standard InChI is InChI=1S/C8H7N3O3/c1-13-7-2-3-9-4-6(7)11-5-8(12)14-10-11/h2-5H,1H3. The van der Waals surface area contributed by atoms with Crippen LogP contribution in [0.2, 0.25) is 0 Å². The lowest BCUT2D eigenvalue weighted by atomic mass is 10.4. The van der Waals surface area contributed by atoms with E-state index in [4.69, 9.17) is 4.74 Å². The van der Waals surface area contributed by atoms with Gasteiger partial charge in [0.1, 0.15) is 12.1 Å². The molecular weight excluding hydrogens is 186 g/mol. The fourth-order valence-electron chi connectivity index (χ4n) is 1.06. The summed E-state index contributed by atoms with van der Waals surface area (Å²) in [4.78, 5) is 3.89. The van der Waals surface area contributed by atoms with Gasteiger partial charge in [-0.1, -0.05) is 0 Å². The highest BCUT2D eigenvalue weighted by Gasteiger charge is 2.15. The fourth-order valence-corrected chi connectivity index (χ4v) is 1.06. The van der Waals surface area contributed by atoms with E-state index in [0.29, 0.717) is 11.4 Å². The van der Waals surface area contributed by atoms with Crippen molar-refractivity contribution >= 4 is 0 Å². The zero-order valence-corrected chi connectivity index (χ0v) is 7.38. The van der Waals surface area contributed by atoms with Crippen LogP contribution in [0.1, 0.15) is 0 Å². The molecule has 0 aliphatic heterocycles. The van der Waals surface area contributed by atoms with Crippen molar-refractivity contribution < 1.29 is 19.0 Å². The van der Waals surface area contributed by atoms with Crippen molar-refractivity contribution in [3.8, 4) is 17.4 Å². The first-order valence-electron chi connectivity index (χ1n) is 3.85. The number of ether oxygens (including phenoxy) is 1. The third-order valence-electron chi connectivity index (χ3n) is 1.67. The van der Waals surface area contributed by atoms with Crippen LogP contribution in [0, 0.1) is 0 Å². The first-order valence-corrected chi connectivity index (χ1v) is 3.85. The minimum atomic E-state index is -0.518. The van der Waals surface area contributed by atoms with Gasteiger partial charge in [0.15, 0.2) is 5.75 Å². The fraction of sp³-hybridized carbons (Fsp3) is 0.125. The topological polar surface area (TPSA) is 75.1 Å². The largest absolute Gasteiger partial charge is 0.539 e. The zero-order chi connectivity index (χ0) is 9.97. The molecule has 0 spiro atoms. The summed E-state index contributed by atoms with van der Waals surface area (Å²) in [6, 6.07) is 1.67. The van der Waals surface area contributed by atoms with E-state index in [2.05, 4.69) is 14.8 Å². The van der Waals surface area contributed by atoms with Crippen molar-refractivity contribution in [2.45, 2.75) is 0 Å². The molecule has 0 fully saturated rings. The lowest BCUT2D eigenvalue weighted by Crippen LogP contribution is -2.32. The van der Waals surface area contributed by atoms with Crippen molar-refractivity contribution in [1.82, 2.24) is 10.3 Å². The number of methoxy groups -OCH3 is 1. The molecule has 2 aromatic rings. The Morgan fingerprint density at radius 2 is 2.43 bits per heavy atom. The van der Waals surface area contributed by atoms with Crippen molar-refractivity contribution in [2.24, 2.45) is 0 Å². The lowest BCUT2D eigenvalue weighted by molar-refractivity contribution is -0.671. The van der Waals surface area contributed by atoms with Crippen molar-refractivity contribution in [3.05, 3.63) is 24.7 Å². The summed E-state index contributed by atoms with van der Waals surface area (Å²) in [6.07, 6.45) is 4.32. The second kappa shape index (κ2) is 3.33. The summed E-state index contributed by atoms with van der Waals surface area (Å²) < 4.78 is 10.7. The van der Waals surface area contributed by atoms with Gasteiger partial charge in [-0.05, 0) is 4.68 Å². The number of hydrogen-bond acceptors (Lipinski definition) is 5. The first-order chi connectivity index (χ1) is 6.81. The number of pyridine rings is 1. The molecule has 0 aliphatic carbocycles. The van der Waals surface area contributed by atoms with Crippen molar-refractivity contribution in [2.75, 3.05) is 7.11 Å². The Morgan fingerprint density at radius 3 is 3.07 bits per heavy atom. The normalized spacial score (nSPS) is 10.1. The molecule has 0 bridgehead atoms. The second-order valence-corrected chi connectivity index (χ2v) is 2.51. The second-order valence-electron chi connectivity index (χ2n) is 2.51. The molecule has 0 aromatic carbocycles. The Bertz CT molecular complexity index is 441. The molecule has 14 heavy (non-hydrogen) atoms. The molecular formula is C8H7N3O3. The highest BCUT2D eigenvalue weighted by atomic mass is 16.6. The summed E-state index contributed by atoms with van der Waals surface area (Å²) in [7, 11) is 1.53. The quantitative estimate of drug-likeness (QED) is 0.597. The first kappa shape index (κ1) is 8.49. The molecule has 0 saturated carbocycles. The molecule has 0 aliphatic rings. The summed E-state index contributed by atoms with van der Waals surface area (Å²) in [6.45, 7) is 0. The molecule has 0 N–H and O–H groups in total. The summed E-state index contributed by atoms with van der Waals surface area (Å²) in [5, 5.41) is 14.3. The van der Waals surface area contributed by atoms with E-state index in [1.54, 1.807) is 12.3 Å². The van der Waals surface area contributed by atoms with Crippen LogP contribution < -0.4 is 14.5 Å². The molecule has 2 aromatic heterocycles. The predicted octanol–water partition coefficient (Wildman–Crippen LogP) is -0.572. The van der Waals surface area contributed by atoms with Gasteiger partial charge in [0.05, 0.1) is 12.4 Å². The van der Waals surface area contributed by atoms with Crippen LogP contribution >= 0.6 is 0 Å². The lowest BCUT2D eigenvalue weighted by Gasteiger charge is -1.97. The van der Waals surface area contributed by atoms with Gasteiger partial charge in [0.2, 0.25) is 6.20 Å². The monoisotopic (exact) mass is 193 g/mol. The van der Waals surface area contributed by atoms with E-state index >= 15 is 0 Å². The SMILES string of the molecule is COc1ccncc1-[n+]1cc([O-])on1. The predicted molar refractivity (Wildman–Crippen MR) is 41.8 cm³/mol. The van der Waals surface area contributed by atoms with Crippen LogP contribution in [0.3, 0.4) is 0 Å². The molecule has 2 heterocycles. The van der Waals surface area contributed by atoms with E-state index in [9.17, 15) is 5.11 Å². The van der Waals surface area contributed by atoms with Gasteiger partial charge in [-0.15, -0.1) is 0 Å². The highest BCUT2D eigenvalue weighted by molar-refractivity contribution is 5.36. The number of rotatable bonds is 2. The van der Waals surface area contributed by atoms with E-state index < -0.39 is 5.95 Å². The maximum absolute atomic E-state index is 10.8. The molecule has 0 saturated heterocycles. The van der Waals surface area contributed by atoms with Crippen LogP contribution in [-0.4, -0.2) is 17.4 Å². The molecule has 0 unspecified atom stereocenters. The maximum atomic E-state index is 10.8. The third kappa shape index (κ3) is 1.37. The van der Waals surface area contributed by atoms with Crippen molar-refractivity contribution in [3.63, 3.8) is 0 Å². The van der Waals surface area contributed by atoms with Gasteiger partial charge in [-0.3, -0.25) is 4.98 Å². The minimum Gasteiger partial charge on any atom is -0.539 e. The van der Waals surface area contributed by atoms with Gasteiger partial charge in [-0.2, -0.15) is 0 Å². The molecule has 0 radical (unpaired) electrons. The van der Waals surface area contributed by atoms with E-state index in [-0.39, 0.29) is 0 Å². The van der Waals surface area contributed by atoms with Gasteiger partial charge in [0, 0.05) is 12.3 Å². The average Bonchev–Trinajstić information content (AvgIpc) is 2.65. The Hall–Kier alpha value is -2.11. The smallest absolute Gasteiger partial charge is 0.298 e. The number of nitrogens with zero attached hydrogens (tertiary/aromatic N) is 3. The van der Waals surface area contributed by atoms with Crippen molar-refractivity contribution in [1.29, 1.82) is 0 Å². The highest BCUT2D eigenvalue weighted by Crippen LogP contribution is 2.15. The molecule has 2 rings (SSSR count). The van der Waals surface area contributed by atoms with Crippen LogP contribution in [0.5, 0.6) is 11.7 Å². The van der Waals surface area contributed by atoms with Gasteiger partial charge >= 0.3 is 0 Å². The summed E-state index contributed by atoms with van der Waals surface area (Å²) in [5.74, 6) is 0.0502. The van der Waals surface area contributed by atoms with Crippen LogP contribution in [0.4, 0.5) is 0 Å². The zero-order valence-electron chi connectivity index (χ0n) is 7.38. The number of aromatic nitrogens is 3. The molecule has 72 valence electrons. The maximum Gasteiger partial charge on any atom is 0.298 e. The van der Waals surface area contributed by atoms with E-state index in [0.717, 1.165) is 0 Å². The average molecular weight is 193 g/mol. The third-order valence-corrected chi connectivity index (χ3v) is 1.67.